The van der Waals surface area contributed by atoms with Crippen LogP contribution in [0.3, 0.4) is 0 Å². The Kier molecular flexibility index (Phi) is 4.75. The van der Waals surface area contributed by atoms with Crippen molar-refractivity contribution in [2.24, 2.45) is 11.1 Å². The van der Waals surface area contributed by atoms with Gasteiger partial charge < -0.3 is 20.4 Å². The van der Waals surface area contributed by atoms with Gasteiger partial charge in [0.25, 0.3) is 0 Å². The van der Waals surface area contributed by atoms with Crippen LogP contribution in [-0.2, 0) is 22.5 Å². The highest BCUT2D eigenvalue weighted by atomic mass is 16.5. The first-order valence-electron chi connectivity index (χ1n) is 10.1. The highest BCUT2D eigenvalue weighted by Gasteiger charge is 2.62. The molecule has 1 aliphatic carbocycles. The van der Waals surface area contributed by atoms with E-state index in [-0.39, 0.29) is 12.0 Å². The summed E-state index contributed by atoms with van der Waals surface area (Å²) in [5.41, 5.74) is 6.85. The molecule has 1 amide bonds. The maximum Gasteiger partial charge on any atom is 0.245 e. The summed E-state index contributed by atoms with van der Waals surface area (Å²) in [4.78, 5) is 12.9. The van der Waals surface area contributed by atoms with Gasteiger partial charge in [0.05, 0.1) is 6.10 Å². The summed E-state index contributed by atoms with van der Waals surface area (Å²) >= 11 is 0. The lowest BCUT2D eigenvalue weighted by Gasteiger charge is -2.57. The largest absolute Gasteiger partial charge is 0.378 e. The van der Waals surface area contributed by atoms with E-state index in [0.29, 0.717) is 13.0 Å². The van der Waals surface area contributed by atoms with Crippen molar-refractivity contribution >= 4 is 11.6 Å². The van der Waals surface area contributed by atoms with Crippen molar-refractivity contribution < 1.29 is 9.53 Å². The molecule has 3 N–H and O–H groups in total. The van der Waals surface area contributed by atoms with E-state index >= 15 is 0 Å². The lowest BCUT2D eigenvalue weighted by Crippen LogP contribution is -2.74. The summed E-state index contributed by atoms with van der Waals surface area (Å²) in [5.74, 6) is 1.78. The van der Waals surface area contributed by atoms with Gasteiger partial charge in [-0.25, -0.2) is 0 Å². The van der Waals surface area contributed by atoms with Crippen LogP contribution in [0.5, 0.6) is 0 Å². The minimum Gasteiger partial charge on any atom is -0.378 e. The molecule has 2 unspecified atom stereocenters. The van der Waals surface area contributed by atoms with Gasteiger partial charge >= 0.3 is 0 Å². The highest BCUT2D eigenvalue weighted by molar-refractivity contribution is 5.99. The van der Waals surface area contributed by atoms with Gasteiger partial charge in [0.2, 0.25) is 5.91 Å². The molecule has 2 heterocycles. The lowest BCUT2D eigenvalue weighted by molar-refractivity contribution is -0.166. The number of hydrogen-bond donors (Lipinski definition) is 2. The molecule has 1 fully saturated rings. The van der Waals surface area contributed by atoms with Crippen LogP contribution in [0.1, 0.15) is 45.9 Å². The molecule has 0 radical (unpaired) electrons. The van der Waals surface area contributed by atoms with E-state index in [1.807, 2.05) is 45.0 Å². The standard InChI is InChI=1S/C21H29N5O2/c1-4-28-16-13-21(22,20(16,2)3)19(27)23-15-10-8-14(9-11-15)18-25-24-17-7-5-6-12-26(17)18/h8-11,16H,4-7,12-13,22H2,1-3H3,(H,23,27). The van der Waals surface area contributed by atoms with Gasteiger partial charge in [-0.1, -0.05) is 13.8 Å². The second-order valence-electron chi connectivity index (χ2n) is 8.42. The van der Waals surface area contributed by atoms with Crippen molar-refractivity contribution in [3.63, 3.8) is 0 Å². The van der Waals surface area contributed by atoms with Crippen LogP contribution in [0, 0.1) is 5.41 Å². The molecule has 1 aromatic heterocycles. The van der Waals surface area contributed by atoms with Gasteiger partial charge in [-0.2, -0.15) is 0 Å². The minimum atomic E-state index is -0.933. The number of aromatic nitrogens is 3. The zero-order chi connectivity index (χ0) is 19.9. The molecule has 7 nitrogen and oxygen atoms in total. The zero-order valence-corrected chi connectivity index (χ0v) is 16.9. The second kappa shape index (κ2) is 6.97. The molecule has 28 heavy (non-hydrogen) atoms. The molecule has 7 heteroatoms. The number of benzene rings is 1. The van der Waals surface area contributed by atoms with Crippen molar-refractivity contribution in [2.45, 2.75) is 64.6 Å². The third kappa shape index (κ3) is 2.93. The Balaban J connectivity index is 1.47. The van der Waals surface area contributed by atoms with Crippen molar-refractivity contribution in [2.75, 3.05) is 11.9 Å². The van der Waals surface area contributed by atoms with Gasteiger partial charge in [-0.15, -0.1) is 10.2 Å². The fourth-order valence-corrected chi connectivity index (χ4v) is 4.29. The van der Waals surface area contributed by atoms with E-state index in [2.05, 4.69) is 20.1 Å². The monoisotopic (exact) mass is 383 g/mol. The summed E-state index contributed by atoms with van der Waals surface area (Å²) in [6.07, 6.45) is 3.85. The summed E-state index contributed by atoms with van der Waals surface area (Å²) < 4.78 is 7.91. The van der Waals surface area contributed by atoms with E-state index in [1.54, 1.807) is 0 Å². The number of amides is 1. The van der Waals surface area contributed by atoms with Crippen LogP contribution in [0.25, 0.3) is 11.4 Å². The predicted octanol–water partition coefficient (Wildman–Crippen LogP) is 2.75. The Morgan fingerprint density at radius 3 is 2.71 bits per heavy atom. The van der Waals surface area contributed by atoms with E-state index < -0.39 is 11.0 Å². The molecule has 0 spiro atoms. The summed E-state index contributed by atoms with van der Waals surface area (Å²) in [6, 6.07) is 7.73. The molecule has 4 rings (SSSR count). The van der Waals surface area contributed by atoms with Crippen LogP contribution in [0.15, 0.2) is 24.3 Å². The Morgan fingerprint density at radius 1 is 1.29 bits per heavy atom. The average Bonchev–Trinajstić information content (AvgIpc) is 3.12. The normalized spacial score (nSPS) is 25.6. The quantitative estimate of drug-likeness (QED) is 0.828. The van der Waals surface area contributed by atoms with Gasteiger partial charge in [0, 0.05) is 42.7 Å². The molecular formula is C21H29N5O2. The number of fused-ring (bicyclic) bond motifs is 1. The van der Waals surface area contributed by atoms with E-state index in [1.165, 1.54) is 6.42 Å². The number of carbonyl (C=O) groups excluding carboxylic acids is 1. The molecule has 2 aromatic rings. The first kappa shape index (κ1) is 19.1. The number of ether oxygens (including phenoxy) is 1. The van der Waals surface area contributed by atoms with Gasteiger partial charge in [-0.3, -0.25) is 4.79 Å². The number of carbonyl (C=O) groups is 1. The molecule has 2 aliphatic rings. The number of aryl methyl sites for hydroxylation is 1. The molecule has 0 bridgehead atoms. The maximum absolute atomic E-state index is 12.9. The van der Waals surface area contributed by atoms with Gasteiger partial charge in [-0.05, 0) is 44.0 Å². The fourth-order valence-electron chi connectivity index (χ4n) is 4.29. The van der Waals surface area contributed by atoms with Crippen molar-refractivity contribution in [3.05, 3.63) is 30.1 Å². The lowest BCUT2D eigenvalue weighted by atomic mass is 9.54. The number of nitrogens with zero attached hydrogens (tertiary/aromatic N) is 3. The Bertz CT molecular complexity index is 873. The van der Waals surface area contributed by atoms with Crippen LogP contribution >= 0.6 is 0 Å². The van der Waals surface area contributed by atoms with Gasteiger partial charge in [0.15, 0.2) is 5.82 Å². The topological polar surface area (TPSA) is 95.1 Å². The zero-order valence-electron chi connectivity index (χ0n) is 16.9. The molecular weight excluding hydrogens is 354 g/mol. The first-order valence-corrected chi connectivity index (χ1v) is 10.1. The van der Waals surface area contributed by atoms with E-state index in [0.717, 1.165) is 42.3 Å². The Morgan fingerprint density at radius 2 is 2.04 bits per heavy atom. The van der Waals surface area contributed by atoms with Gasteiger partial charge in [0.1, 0.15) is 11.4 Å². The second-order valence-corrected chi connectivity index (χ2v) is 8.42. The molecule has 150 valence electrons. The van der Waals surface area contributed by atoms with Crippen molar-refractivity contribution in [1.29, 1.82) is 0 Å². The smallest absolute Gasteiger partial charge is 0.245 e. The molecule has 1 aromatic carbocycles. The van der Waals surface area contributed by atoms with Crippen LogP contribution in [0.4, 0.5) is 5.69 Å². The van der Waals surface area contributed by atoms with E-state index in [4.69, 9.17) is 10.5 Å². The van der Waals surface area contributed by atoms with Crippen LogP contribution in [0.2, 0.25) is 0 Å². The number of nitrogens with two attached hydrogens (primary N) is 1. The third-order valence-electron chi connectivity index (χ3n) is 6.50. The summed E-state index contributed by atoms with van der Waals surface area (Å²) in [7, 11) is 0. The number of nitrogens with one attached hydrogen (secondary N) is 1. The molecule has 1 saturated carbocycles. The minimum absolute atomic E-state index is 0.00902. The summed E-state index contributed by atoms with van der Waals surface area (Å²) in [6.45, 7) is 7.53. The fraction of sp³-hybridized carbons (Fsp3) is 0.571. The average molecular weight is 383 g/mol. The molecule has 2 atom stereocenters. The SMILES string of the molecule is CCOC1CC(N)(C(=O)Nc2ccc(-c3nnc4n3CCCC4)cc2)C1(C)C. The summed E-state index contributed by atoms with van der Waals surface area (Å²) in [5, 5.41) is 11.6. The highest BCUT2D eigenvalue weighted by Crippen LogP contribution is 2.50. The number of hydrogen-bond acceptors (Lipinski definition) is 5. The first-order chi connectivity index (χ1) is 13.4. The number of anilines is 1. The Labute approximate surface area is 165 Å². The van der Waals surface area contributed by atoms with Crippen LogP contribution < -0.4 is 11.1 Å². The predicted molar refractivity (Wildman–Crippen MR) is 108 cm³/mol. The maximum atomic E-state index is 12.9. The van der Waals surface area contributed by atoms with Crippen molar-refractivity contribution in [1.82, 2.24) is 14.8 Å². The van der Waals surface area contributed by atoms with Crippen LogP contribution in [-0.4, -0.2) is 38.9 Å². The van der Waals surface area contributed by atoms with E-state index in [9.17, 15) is 4.79 Å². The number of rotatable bonds is 5. The molecule has 0 saturated heterocycles. The molecule has 1 aliphatic heterocycles. The van der Waals surface area contributed by atoms with Crippen molar-refractivity contribution in [3.8, 4) is 11.4 Å². The Hall–Kier alpha value is -2.25. The third-order valence-corrected chi connectivity index (χ3v) is 6.50.